The summed E-state index contributed by atoms with van der Waals surface area (Å²) in [5.74, 6) is 0.143. The topological polar surface area (TPSA) is 100 Å². The summed E-state index contributed by atoms with van der Waals surface area (Å²) in [6.45, 7) is 2.97. The summed E-state index contributed by atoms with van der Waals surface area (Å²) in [5, 5.41) is 8.05. The number of carbonyl (C=O) groups excluding carboxylic acids is 3. The van der Waals surface area contributed by atoms with Crippen LogP contribution in [-0.2, 0) is 27.3 Å². The van der Waals surface area contributed by atoms with Crippen molar-refractivity contribution in [2.24, 2.45) is 0 Å². The van der Waals surface area contributed by atoms with Gasteiger partial charge in [0.25, 0.3) is 5.91 Å². The Kier molecular flexibility index (Phi) is 9.06. The highest BCUT2D eigenvalue weighted by atomic mass is 32.1. The zero-order chi connectivity index (χ0) is 29.8. The van der Waals surface area contributed by atoms with Gasteiger partial charge in [-0.1, -0.05) is 36.4 Å². The van der Waals surface area contributed by atoms with Crippen molar-refractivity contribution in [1.29, 1.82) is 0 Å². The third kappa shape index (κ3) is 7.26. The number of carbonyl (C=O) groups is 3. The second-order valence-corrected chi connectivity index (χ2v) is 12.7. The Balaban J connectivity index is 1.02. The number of ether oxygens (including phenoxy) is 2. The predicted molar refractivity (Wildman–Crippen MR) is 165 cm³/mol. The molecule has 1 aromatic heterocycles. The minimum atomic E-state index is -0.341. The molecule has 2 aromatic carbocycles. The lowest BCUT2D eigenvalue weighted by Crippen LogP contribution is -2.54. The van der Waals surface area contributed by atoms with E-state index in [1.807, 2.05) is 23.6 Å². The highest BCUT2D eigenvalue weighted by Gasteiger charge is 2.39. The summed E-state index contributed by atoms with van der Waals surface area (Å²) in [7, 11) is 1.79. The van der Waals surface area contributed by atoms with Gasteiger partial charge in [-0.15, -0.1) is 11.3 Å². The maximum absolute atomic E-state index is 13.5. The number of rotatable bonds is 8. The largest absolute Gasteiger partial charge is 0.490 e. The maximum atomic E-state index is 13.5. The quantitative estimate of drug-likeness (QED) is 0.403. The second-order valence-electron chi connectivity index (χ2n) is 11.7. The second kappa shape index (κ2) is 13.3. The molecule has 0 bridgehead atoms. The molecule has 43 heavy (non-hydrogen) atoms. The molecule has 0 unspecified atom stereocenters. The van der Waals surface area contributed by atoms with Crippen LogP contribution in [0.25, 0.3) is 0 Å². The Bertz CT molecular complexity index is 1430. The van der Waals surface area contributed by atoms with Crippen molar-refractivity contribution in [2.45, 2.75) is 62.9 Å². The molecule has 9 nitrogen and oxygen atoms in total. The van der Waals surface area contributed by atoms with Crippen LogP contribution in [0.15, 0.2) is 66.0 Å². The van der Waals surface area contributed by atoms with Crippen LogP contribution in [0, 0.1) is 0 Å². The summed E-state index contributed by atoms with van der Waals surface area (Å²) >= 11 is 1.53. The number of fused-ring (bicyclic) bond motifs is 2. The van der Waals surface area contributed by atoms with Crippen molar-refractivity contribution in [3.8, 4) is 5.75 Å². The Labute approximate surface area is 256 Å². The fourth-order valence-electron chi connectivity index (χ4n) is 6.31. The van der Waals surface area contributed by atoms with Crippen molar-refractivity contribution in [2.75, 3.05) is 32.1 Å². The standard InChI is InChI=1S/C33H38N4O5S/c1-36-28-11-10-25(17-31(38)35-24-13-14-37(20-24)19-22-6-3-2-4-7-22)42-30(28)21-41-29-12-9-23(16-27(29)33(36)40)34-32(39)18-26-8-5-15-43-26/h2-9,12,15-16,24-25,28,30H,10-11,13-14,17-21H2,1H3,(H,34,39)(H,35,38)/t24-,25-,28-,30-/m0/s1. The van der Waals surface area contributed by atoms with E-state index >= 15 is 0 Å². The van der Waals surface area contributed by atoms with E-state index in [1.54, 1.807) is 30.1 Å². The molecular formula is C33H38N4O5S. The summed E-state index contributed by atoms with van der Waals surface area (Å²) in [4.78, 5) is 44.1. The molecule has 226 valence electrons. The minimum Gasteiger partial charge on any atom is -0.490 e. The monoisotopic (exact) mass is 602 g/mol. The molecule has 2 fully saturated rings. The van der Waals surface area contributed by atoms with Gasteiger partial charge in [-0.25, -0.2) is 0 Å². The Morgan fingerprint density at radius 3 is 2.70 bits per heavy atom. The number of benzene rings is 2. The smallest absolute Gasteiger partial charge is 0.257 e. The molecule has 0 saturated carbocycles. The van der Waals surface area contributed by atoms with E-state index < -0.39 is 0 Å². The number of anilines is 1. The molecule has 3 amide bonds. The van der Waals surface area contributed by atoms with Crippen LogP contribution in [0.4, 0.5) is 5.69 Å². The van der Waals surface area contributed by atoms with E-state index in [1.165, 1.54) is 16.9 Å². The normalized spacial score (nSPS) is 23.8. The lowest BCUT2D eigenvalue weighted by atomic mass is 9.94. The lowest BCUT2D eigenvalue weighted by molar-refractivity contribution is -0.134. The number of hydrogen-bond acceptors (Lipinski definition) is 7. The van der Waals surface area contributed by atoms with Crippen LogP contribution >= 0.6 is 11.3 Å². The first-order chi connectivity index (χ1) is 20.9. The summed E-state index contributed by atoms with van der Waals surface area (Å²) in [6.07, 6.45) is 2.35. The molecule has 0 radical (unpaired) electrons. The van der Waals surface area contributed by atoms with Crippen LogP contribution < -0.4 is 15.4 Å². The first kappa shape index (κ1) is 29.3. The van der Waals surface area contributed by atoms with E-state index in [2.05, 4.69) is 39.8 Å². The first-order valence-corrected chi connectivity index (χ1v) is 15.9. The van der Waals surface area contributed by atoms with Crippen molar-refractivity contribution >= 4 is 34.7 Å². The molecule has 0 spiro atoms. The molecule has 3 aliphatic heterocycles. The van der Waals surface area contributed by atoms with Crippen molar-refractivity contribution < 1.29 is 23.9 Å². The van der Waals surface area contributed by atoms with Gasteiger partial charge in [-0.05, 0) is 54.5 Å². The number of hydrogen-bond donors (Lipinski definition) is 2. The Morgan fingerprint density at radius 2 is 1.88 bits per heavy atom. The van der Waals surface area contributed by atoms with Crippen LogP contribution in [0.2, 0.25) is 0 Å². The van der Waals surface area contributed by atoms with Crippen LogP contribution in [0.1, 0.15) is 46.5 Å². The number of nitrogens with one attached hydrogen (secondary N) is 2. The third-order valence-electron chi connectivity index (χ3n) is 8.51. The van der Waals surface area contributed by atoms with Crippen molar-refractivity contribution in [1.82, 2.24) is 15.1 Å². The van der Waals surface area contributed by atoms with Gasteiger partial charge in [0.15, 0.2) is 0 Å². The average molecular weight is 603 g/mol. The van der Waals surface area contributed by atoms with Crippen LogP contribution in [0.3, 0.4) is 0 Å². The lowest BCUT2D eigenvalue weighted by Gasteiger charge is -2.42. The highest BCUT2D eigenvalue weighted by molar-refractivity contribution is 7.10. The van der Waals surface area contributed by atoms with Gasteiger partial charge in [-0.2, -0.15) is 0 Å². The summed E-state index contributed by atoms with van der Waals surface area (Å²) in [6, 6.07) is 19.4. The average Bonchev–Trinajstić information content (AvgIpc) is 3.67. The van der Waals surface area contributed by atoms with Gasteiger partial charge >= 0.3 is 0 Å². The zero-order valence-electron chi connectivity index (χ0n) is 24.4. The fourth-order valence-corrected chi connectivity index (χ4v) is 7.01. The third-order valence-corrected chi connectivity index (χ3v) is 9.39. The Morgan fingerprint density at radius 1 is 1.02 bits per heavy atom. The van der Waals surface area contributed by atoms with Crippen molar-refractivity contribution in [3.05, 3.63) is 82.0 Å². The number of nitrogens with zero attached hydrogens (tertiary/aromatic N) is 2. The molecule has 2 saturated heterocycles. The maximum Gasteiger partial charge on any atom is 0.257 e. The number of thiophene rings is 1. The number of amides is 3. The van der Waals surface area contributed by atoms with Gasteiger partial charge in [0.1, 0.15) is 18.5 Å². The zero-order valence-corrected chi connectivity index (χ0v) is 25.2. The molecule has 4 heterocycles. The number of likely N-dealkylation sites (N-methyl/N-ethyl adjacent to an activating group) is 1. The van der Waals surface area contributed by atoms with E-state index in [4.69, 9.17) is 9.47 Å². The summed E-state index contributed by atoms with van der Waals surface area (Å²) in [5.41, 5.74) is 2.25. The van der Waals surface area contributed by atoms with E-state index in [-0.39, 0.29) is 55.0 Å². The van der Waals surface area contributed by atoms with Gasteiger partial charge in [0.2, 0.25) is 11.8 Å². The molecule has 3 aromatic rings. The van der Waals surface area contributed by atoms with Gasteiger partial charge in [-0.3, -0.25) is 19.3 Å². The molecule has 0 aliphatic carbocycles. The highest BCUT2D eigenvalue weighted by Crippen LogP contribution is 2.32. The molecule has 4 atom stereocenters. The molecule has 2 N–H and O–H groups in total. The van der Waals surface area contributed by atoms with Crippen molar-refractivity contribution in [3.63, 3.8) is 0 Å². The van der Waals surface area contributed by atoms with Crippen LogP contribution in [-0.4, -0.2) is 78.6 Å². The molecule has 10 heteroatoms. The fraction of sp³-hybridized carbons (Fsp3) is 0.424. The van der Waals surface area contributed by atoms with Gasteiger partial charge < -0.3 is 25.0 Å². The number of likely N-dealkylation sites (tertiary alicyclic amines) is 1. The van der Waals surface area contributed by atoms with Crippen LogP contribution in [0.5, 0.6) is 5.75 Å². The molecule has 6 rings (SSSR count). The Hall–Kier alpha value is -3.73. The molecule has 3 aliphatic rings. The van der Waals surface area contributed by atoms with E-state index in [9.17, 15) is 14.4 Å². The van der Waals surface area contributed by atoms with Gasteiger partial charge in [0.05, 0.1) is 30.6 Å². The SMILES string of the molecule is CN1C(=O)c2cc(NC(=O)Cc3cccs3)ccc2OC[C@@H]2O[C@H](CC(=O)N[C@H]3CCN(Cc4ccccc4)C3)CC[C@@H]21. The van der Waals surface area contributed by atoms with Gasteiger partial charge in [0, 0.05) is 43.3 Å². The first-order valence-electron chi connectivity index (χ1n) is 15.0. The van der Waals surface area contributed by atoms with E-state index in [0.29, 0.717) is 29.8 Å². The summed E-state index contributed by atoms with van der Waals surface area (Å²) < 4.78 is 12.5. The predicted octanol–water partition coefficient (Wildman–Crippen LogP) is 4.09. The minimum absolute atomic E-state index is 0.00482. The molecular weight excluding hydrogens is 564 g/mol. The van der Waals surface area contributed by atoms with E-state index in [0.717, 1.165) is 37.4 Å².